The second-order valence-electron chi connectivity index (χ2n) is 8.18. The standard InChI is InChI=1S/C27H19Cl2NO4S/c1-15-12-25(22(29)14-21(15)28)35(33,34)30-23-13-20(27(32)19-9-5-4-8-18(19)23)26-17-7-3-2-6-16(17)10-11-24(26)31/h2-14,30-32H,1H3. The van der Waals surface area contributed by atoms with Crippen molar-refractivity contribution < 1.29 is 18.6 Å². The highest BCUT2D eigenvalue weighted by Gasteiger charge is 2.23. The molecule has 176 valence electrons. The molecule has 0 heterocycles. The zero-order chi connectivity index (χ0) is 24.9. The van der Waals surface area contributed by atoms with Gasteiger partial charge in [0.25, 0.3) is 10.0 Å². The average Bonchev–Trinajstić information content (AvgIpc) is 2.83. The molecule has 0 fully saturated rings. The molecule has 5 aromatic rings. The minimum Gasteiger partial charge on any atom is -0.507 e. The van der Waals surface area contributed by atoms with Gasteiger partial charge >= 0.3 is 0 Å². The van der Waals surface area contributed by atoms with Crippen molar-refractivity contribution in [2.24, 2.45) is 0 Å². The summed E-state index contributed by atoms with van der Waals surface area (Å²) >= 11 is 12.3. The molecule has 0 saturated heterocycles. The van der Waals surface area contributed by atoms with Crippen LogP contribution in [0.4, 0.5) is 5.69 Å². The van der Waals surface area contributed by atoms with Crippen LogP contribution in [0, 0.1) is 6.92 Å². The molecule has 0 unspecified atom stereocenters. The Kier molecular flexibility index (Phi) is 5.75. The molecule has 0 aliphatic carbocycles. The molecule has 0 radical (unpaired) electrons. The number of aryl methyl sites for hydroxylation is 1. The van der Waals surface area contributed by atoms with Gasteiger partial charge < -0.3 is 10.2 Å². The van der Waals surface area contributed by atoms with E-state index in [-0.39, 0.29) is 32.7 Å². The number of benzene rings is 5. The van der Waals surface area contributed by atoms with Crippen molar-refractivity contribution in [1.82, 2.24) is 0 Å². The molecule has 5 nitrogen and oxygen atoms in total. The number of sulfonamides is 1. The van der Waals surface area contributed by atoms with E-state index < -0.39 is 10.0 Å². The van der Waals surface area contributed by atoms with Crippen LogP contribution in [0.5, 0.6) is 11.5 Å². The maximum absolute atomic E-state index is 13.4. The Labute approximate surface area is 212 Å². The highest BCUT2D eigenvalue weighted by Crippen LogP contribution is 2.46. The summed E-state index contributed by atoms with van der Waals surface area (Å²) in [6.45, 7) is 1.69. The number of nitrogens with one attached hydrogen (secondary N) is 1. The molecule has 0 atom stereocenters. The predicted octanol–water partition coefficient (Wildman–Crippen LogP) is 7.49. The van der Waals surface area contributed by atoms with Gasteiger partial charge in [-0.15, -0.1) is 0 Å². The van der Waals surface area contributed by atoms with Gasteiger partial charge in [0.2, 0.25) is 0 Å². The number of halogens is 2. The molecule has 0 aliphatic rings. The molecule has 0 spiro atoms. The minimum absolute atomic E-state index is 0.0110. The van der Waals surface area contributed by atoms with Crippen LogP contribution in [0.3, 0.4) is 0 Å². The lowest BCUT2D eigenvalue weighted by Crippen LogP contribution is -2.14. The molecule has 35 heavy (non-hydrogen) atoms. The van der Waals surface area contributed by atoms with Gasteiger partial charge in [0.15, 0.2) is 0 Å². The first-order chi connectivity index (χ1) is 16.7. The molecule has 0 aliphatic heterocycles. The maximum Gasteiger partial charge on any atom is 0.263 e. The van der Waals surface area contributed by atoms with Crippen LogP contribution < -0.4 is 4.72 Å². The van der Waals surface area contributed by atoms with Gasteiger partial charge in [0.05, 0.1) is 10.7 Å². The zero-order valence-corrected chi connectivity index (χ0v) is 20.7. The molecular formula is C27H19Cl2NO4S. The number of hydrogen-bond donors (Lipinski definition) is 3. The van der Waals surface area contributed by atoms with E-state index in [1.807, 2.05) is 24.3 Å². The summed E-state index contributed by atoms with van der Waals surface area (Å²) in [5.41, 5.74) is 1.47. The second kappa shape index (κ2) is 8.64. The number of anilines is 1. The third-order valence-corrected chi connectivity index (χ3v) is 8.18. The van der Waals surface area contributed by atoms with Crippen molar-refractivity contribution >= 4 is 60.5 Å². The summed E-state index contributed by atoms with van der Waals surface area (Å²) in [6, 6.07) is 22.0. The van der Waals surface area contributed by atoms with E-state index in [0.717, 1.165) is 5.39 Å². The van der Waals surface area contributed by atoms with Crippen LogP contribution in [0.15, 0.2) is 83.8 Å². The quantitative estimate of drug-likeness (QED) is 0.213. The van der Waals surface area contributed by atoms with E-state index in [1.165, 1.54) is 18.2 Å². The van der Waals surface area contributed by atoms with Gasteiger partial charge in [-0.1, -0.05) is 77.8 Å². The fraction of sp³-hybridized carbons (Fsp3) is 0.0370. The fourth-order valence-electron chi connectivity index (χ4n) is 4.21. The van der Waals surface area contributed by atoms with Crippen LogP contribution in [-0.4, -0.2) is 18.6 Å². The Morgan fingerprint density at radius 2 is 1.43 bits per heavy atom. The highest BCUT2D eigenvalue weighted by atomic mass is 35.5. The second-order valence-corrected chi connectivity index (χ2v) is 10.6. The van der Waals surface area contributed by atoms with Gasteiger partial charge in [0, 0.05) is 26.9 Å². The van der Waals surface area contributed by atoms with Crippen molar-refractivity contribution in [2.45, 2.75) is 11.8 Å². The van der Waals surface area contributed by atoms with Crippen LogP contribution >= 0.6 is 23.2 Å². The Hall–Kier alpha value is -3.45. The van der Waals surface area contributed by atoms with Crippen molar-refractivity contribution in [2.75, 3.05) is 4.72 Å². The zero-order valence-electron chi connectivity index (χ0n) is 18.4. The lowest BCUT2D eigenvalue weighted by molar-refractivity contribution is 0.472. The first-order valence-corrected chi connectivity index (χ1v) is 12.9. The van der Waals surface area contributed by atoms with Gasteiger partial charge in [-0.3, -0.25) is 4.72 Å². The first-order valence-electron chi connectivity index (χ1n) is 10.6. The van der Waals surface area contributed by atoms with Crippen molar-refractivity contribution in [3.8, 4) is 22.6 Å². The summed E-state index contributed by atoms with van der Waals surface area (Å²) in [5.74, 6) is -0.116. The molecule has 0 amide bonds. The number of rotatable bonds is 4. The smallest absolute Gasteiger partial charge is 0.263 e. The van der Waals surface area contributed by atoms with E-state index >= 15 is 0 Å². The Morgan fingerprint density at radius 1 is 0.771 bits per heavy atom. The van der Waals surface area contributed by atoms with Crippen LogP contribution in [0.2, 0.25) is 10.0 Å². The summed E-state index contributed by atoms with van der Waals surface area (Å²) in [4.78, 5) is -0.118. The molecular weight excluding hydrogens is 505 g/mol. The Bertz CT molecular complexity index is 1750. The maximum atomic E-state index is 13.4. The van der Waals surface area contributed by atoms with E-state index in [4.69, 9.17) is 23.2 Å². The van der Waals surface area contributed by atoms with Crippen LogP contribution in [-0.2, 0) is 10.0 Å². The highest BCUT2D eigenvalue weighted by molar-refractivity contribution is 7.92. The number of phenolic OH excluding ortho intramolecular Hbond substituents is 2. The van der Waals surface area contributed by atoms with Crippen LogP contribution in [0.25, 0.3) is 32.7 Å². The van der Waals surface area contributed by atoms with Gasteiger partial charge in [-0.2, -0.15) is 0 Å². The number of aromatic hydroxyl groups is 2. The van der Waals surface area contributed by atoms with E-state index in [0.29, 0.717) is 32.3 Å². The van der Waals surface area contributed by atoms with E-state index in [1.54, 1.807) is 43.3 Å². The van der Waals surface area contributed by atoms with Crippen molar-refractivity contribution in [3.05, 3.63) is 94.5 Å². The number of hydrogen-bond acceptors (Lipinski definition) is 4. The summed E-state index contributed by atoms with van der Waals surface area (Å²) in [6.07, 6.45) is 0. The predicted molar refractivity (Wildman–Crippen MR) is 142 cm³/mol. The van der Waals surface area contributed by atoms with Crippen LogP contribution in [0.1, 0.15) is 5.56 Å². The fourth-order valence-corrected chi connectivity index (χ4v) is 6.12. The van der Waals surface area contributed by atoms with E-state index in [2.05, 4.69) is 4.72 Å². The topological polar surface area (TPSA) is 86.6 Å². The van der Waals surface area contributed by atoms with Gasteiger partial charge in [-0.05, 0) is 47.5 Å². The molecule has 5 rings (SSSR count). The summed E-state index contributed by atoms with van der Waals surface area (Å²) in [7, 11) is -4.12. The minimum atomic E-state index is -4.12. The number of fused-ring (bicyclic) bond motifs is 2. The van der Waals surface area contributed by atoms with Gasteiger partial charge in [0.1, 0.15) is 16.4 Å². The SMILES string of the molecule is Cc1cc(S(=O)(=O)Nc2cc(-c3c(O)ccc4ccccc34)c(O)c3ccccc23)c(Cl)cc1Cl. The lowest BCUT2D eigenvalue weighted by Gasteiger charge is -2.17. The molecule has 0 saturated carbocycles. The third kappa shape index (κ3) is 4.04. The van der Waals surface area contributed by atoms with Gasteiger partial charge in [-0.25, -0.2) is 8.42 Å². The summed E-state index contributed by atoms with van der Waals surface area (Å²) < 4.78 is 29.4. The van der Waals surface area contributed by atoms with Crippen molar-refractivity contribution in [3.63, 3.8) is 0 Å². The normalized spacial score (nSPS) is 11.7. The molecule has 0 aromatic heterocycles. The molecule has 5 aromatic carbocycles. The average molecular weight is 524 g/mol. The van der Waals surface area contributed by atoms with Crippen molar-refractivity contribution in [1.29, 1.82) is 0 Å². The van der Waals surface area contributed by atoms with E-state index in [9.17, 15) is 18.6 Å². The lowest BCUT2D eigenvalue weighted by atomic mass is 9.93. The third-order valence-electron chi connectivity index (χ3n) is 5.94. The Balaban J connectivity index is 1.77. The molecule has 8 heteroatoms. The molecule has 0 bridgehead atoms. The monoisotopic (exact) mass is 523 g/mol. The summed E-state index contributed by atoms with van der Waals surface area (Å²) in [5, 5.41) is 24.8. The molecule has 3 N–H and O–H groups in total. The number of phenols is 2. The first kappa shape index (κ1) is 23.3. The largest absolute Gasteiger partial charge is 0.507 e. The Morgan fingerprint density at radius 3 is 2.17 bits per heavy atom.